The van der Waals surface area contributed by atoms with Gasteiger partial charge in [0.2, 0.25) is 0 Å². The second-order valence-corrected chi connectivity index (χ2v) is 6.71. The van der Waals surface area contributed by atoms with E-state index < -0.39 is 17.4 Å². The molecule has 0 aromatic rings. The summed E-state index contributed by atoms with van der Waals surface area (Å²) in [6.45, 7) is 0. The molecule has 0 aromatic heterocycles. The molecule has 0 spiro atoms. The van der Waals surface area contributed by atoms with Gasteiger partial charge in [-0.2, -0.15) is 0 Å². The van der Waals surface area contributed by atoms with Gasteiger partial charge in [0.25, 0.3) is 0 Å². The zero-order valence-electron chi connectivity index (χ0n) is 13.4. The van der Waals surface area contributed by atoms with Crippen LogP contribution in [0.15, 0.2) is 23.3 Å². The zero-order valence-corrected chi connectivity index (χ0v) is 13.4. The van der Waals surface area contributed by atoms with Crippen LogP contribution in [0.3, 0.4) is 0 Å². The van der Waals surface area contributed by atoms with E-state index in [9.17, 15) is 9.59 Å². The van der Waals surface area contributed by atoms with Crippen molar-refractivity contribution in [1.82, 2.24) is 0 Å². The van der Waals surface area contributed by atoms with E-state index in [-0.39, 0.29) is 11.8 Å². The first kappa shape index (κ1) is 15.3. The van der Waals surface area contributed by atoms with Gasteiger partial charge < -0.3 is 9.47 Å². The number of allylic oxidation sites excluding steroid dienone is 4. The molecule has 2 atom stereocenters. The Kier molecular flexibility index (Phi) is 4.11. The predicted molar refractivity (Wildman–Crippen MR) is 81.9 cm³/mol. The highest BCUT2D eigenvalue weighted by Crippen LogP contribution is 2.54. The average molecular weight is 304 g/mol. The van der Waals surface area contributed by atoms with E-state index in [0.29, 0.717) is 12.8 Å². The predicted octanol–water partition coefficient (Wildman–Crippen LogP) is 3.18. The maximum absolute atomic E-state index is 12.3. The Labute approximate surface area is 131 Å². The minimum atomic E-state index is -1.13. The second-order valence-electron chi connectivity index (χ2n) is 6.71. The van der Waals surface area contributed by atoms with Gasteiger partial charge in [0.1, 0.15) is 0 Å². The molecule has 2 fully saturated rings. The van der Waals surface area contributed by atoms with E-state index in [4.69, 9.17) is 9.47 Å². The van der Waals surface area contributed by atoms with Gasteiger partial charge in [0.15, 0.2) is 5.41 Å². The fourth-order valence-electron chi connectivity index (χ4n) is 4.60. The van der Waals surface area contributed by atoms with Gasteiger partial charge in [-0.05, 0) is 56.8 Å². The van der Waals surface area contributed by atoms with Crippen molar-refractivity contribution in [2.75, 3.05) is 14.2 Å². The van der Waals surface area contributed by atoms with Crippen LogP contribution in [0.25, 0.3) is 0 Å². The summed E-state index contributed by atoms with van der Waals surface area (Å²) in [4.78, 5) is 24.7. The number of rotatable bonds is 2. The first-order chi connectivity index (χ1) is 10.6. The highest BCUT2D eigenvalue weighted by Gasteiger charge is 2.57. The monoisotopic (exact) mass is 304 g/mol. The first-order valence-corrected chi connectivity index (χ1v) is 8.16. The number of esters is 2. The SMILES string of the molecule is COC(=O)C1(C(=O)OC)C[C@H]2C=CCC(=C3CCCC3)[C@@H]2C1. The molecule has 4 nitrogen and oxygen atoms in total. The van der Waals surface area contributed by atoms with Crippen molar-refractivity contribution < 1.29 is 19.1 Å². The lowest BCUT2D eigenvalue weighted by atomic mass is 9.79. The van der Waals surface area contributed by atoms with Crippen LogP contribution in [-0.4, -0.2) is 26.2 Å². The number of hydrogen-bond acceptors (Lipinski definition) is 4. The van der Waals surface area contributed by atoms with Gasteiger partial charge in [-0.3, -0.25) is 9.59 Å². The molecule has 0 heterocycles. The van der Waals surface area contributed by atoms with Crippen molar-refractivity contribution in [1.29, 1.82) is 0 Å². The molecule has 3 aliphatic carbocycles. The first-order valence-electron chi connectivity index (χ1n) is 8.16. The number of fused-ring (bicyclic) bond motifs is 1. The number of carbonyl (C=O) groups excluding carboxylic acids is 2. The third-order valence-electron chi connectivity index (χ3n) is 5.65. The molecule has 3 rings (SSSR count). The van der Waals surface area contributed by atoms with E-state index in [1.807, 2.05) is 0 Å². The fourth-order valence-corrected chi connectivity index (χ4v) is 4.60. The highest BCUT2D eigenvalue weighted by molar-refractivity contribution is 6.00. The minimum Gasteiger partial charge on any atom is -0.468 e. The van der Waals surface area contributed by atoms with Gasteiger partial charge in [-0.1, -0.05) is 23.3 Å². The molecular formula is C18H24O4. The molecule has 4 heteroatoms. The molecule has 0 radical (unpaired) electrons. The number of carbonyl (C=O) groups is 2. The molecule has 0 aliphatic heterocycles. The van der Waals surface area contributed by atoms with Crippen molar-refractivity contribution in [3.05, 3.63) is 23.3 Å². The Morgan fingerprint density at radius 2 is 1.73 bits per heavy atom. The summed E-state index contributed by atoms with van der Waals surface area (Å²) >= 11 is 0. The summed E-state index contributed by atoms with van der Waals surface area (Å²) in [6.07, 6.45) is 11.3. The van der Waals surface area contributed by atoms with Gasteiger partial charge in [-0.25, -0.2) is 0 Å². The molecule has 0 unspecified atom stereocenters. The van der Waals surface area contributed by atoms with E-state index >= 15 is 0 Å². The molecule has 22 heavy (non-hydrogen) atoms. The molecule has 0 aromatic carbocycles. The summed E-state index contributed by atoms with van der Waals surface area (Å²) in [6, 6.07) is 0. The van der Waals surface area contributed by atoms with Crippen molar-refractivity contribution in [2.24, 2.45) is 17.3 Å². The summed E-state index contributed by atoms with van der Waals surface area (Å²) in [5.74, 6) is -0.359. The summed E-state index contributed by atoms with van der Waals surface area (Å²) in [5, 5.41) is 0. The third-order valence-corrected chi connectivity index (χ3v) is 5.65. The van der Waals surface area contributed by atoms with Crippen LogP contribution in [0, 0.1) is 17.3 Å². The van der Waals surface area contributed by atoms with E-state index in [0.717, 1.165) is 6.42 Å². The Balaban J connectivity index is 1.96. The van der Waals surface area contributed by atoms with Gasteiger partial charge in [-0.15, -0.1) is 0 Å². The fraction of sp³-hybridized carbons (Fsp3) is 0.667. The van der Waals surface area contributed by atoms with Gasteiger partial charge >= 0.3 is 11.9 Å². The van der Waals surface area contributed by atoms with Crippen LogP contribution in [0.1, 0.15) is 44.9 Å². The lowest BCUT2D eigenvalue weighted by Gasteiger charge is -2.26. The minimum absolute atomic E-state index is 0.245. The number of ether oxygens (including phenoxy) is 2. The molecule has 2 saturated carbocycles. The topological polar surface area (TPSA) is 52.6 Å². The number of methoxy groups -OCH3 is 2. The molecular weight excluding hydrogens is 280 g/mol. The maximum atomic E-state index is 12.3. The number of hydrogen-bond donors (Lipinski definition) is 0. The van der Waals surface area contributed by atoms with Crippen molar-refractivity contribution in [3.8, 4) is 0 Å². The Morgan fingerprint density at radius 1 is 1.09 bits per heavy atom. The lowest BCUT2D eigenvalue weighted by molar-refractivity contribution is -0.168. The standard InChI is InChI=1S/C18H24O4/c1-21-16(19)18(17(20)22-2)10-13-8-5-9-14(15(13)11-18)12-6-3-4-7-12/h5,8,13,15H,3-4,6-7,9-11H2,1-2H3/t13-,15-/m1/s1. The van der Waals surface area contributed by atoms with Crippen molar-refractivity contribution in [3.63, 3.8) is 0 Å². The molecule has 0 amide bonds. The highest BCUT2D eigenvalue weighted by atomic mass is 16.5. The van der Waals surface area contributed by atoms with Crippen LogP contribution in [-0.2, 0) is 19.1 Å². The zero-order chi connectivity index (χ0) is 15.7. The molecule has 0 bridgehead atoms. The Bertz CT molecular complexity index is 519. The Hall–Kier alpha value is -1.58. The molecule has 0 N–H and O–H groups in total. The summed E-state index contributed by atoms with van der Waals surface area (Å²) < 4.78 is 9.89. The van der Waals surface area contributed by atoms with Crippen LogP contribution < -0.4 is 0 Å². The van der Waals surface area contributed by atoms with Crippen LogP contribution in [0.2, 0.25) is 0 Å². The van der Waals surface area contributed by atoms with Crippen molar-refractivity contribution in [2.45, 2.75) is 44.9 Å². The van der Waals surface area contributed by atoms with Crippen LogP contribution in [0.5, 0.6) is 0 Å². The normalized spacial score (nSPS) is 29.4. The summed E-state index contributed by atoms with van der Waals surface area (Å²) in [7, 11) is 2.70. The van der Waals surface area contributed by atoms with Crippen LogP contribution in [0.4, 0.5) is 0 Å². The smallest absolute Gasteiger partial charge is 0.323 e. The van der Waals surface area contributed by atoms with Crippen molar-refractivity contribution >= 4 is 11.9 Å². The molecule has 0 saturated heterocycles. The largest absolute Gasteiger partial charge is 0.468 e. The van der Waals surface area contributed by atoms with Gasteiger partial charge in [0, 0.05) is 0 Å². The van der Waals surface area contributed by atoms with E-state index in [1.165, 1.54) is 45.5 Å². The Morgan fingerprint density at radius 3 is 2.32 bits per heavy atom. The molecule has 3 aliphatic rings. The maximum Gasteiger partial charge on any atom is 0.323 e. The van der Waals surface area contributed by atoms with E-state index in [2.05, 4.69) is 12.2 Å². The van der Waals surface area contributed by atoms with Crippen LogP contribution >= 0.6 is 0 Å². The third kappa shape index (κ3) is 2.29. The summed E-state index contributed by atoms with van der Waals surface area (Å²) in [5.41, 5.74) is 1.90. The lowest BCUT2D eigenvalue weighted by Crippen LogP contribution is -2.39. The quantitative estimate of drug-likeness (QED) is 0.447. The van der Waals surface area contributed by atoms with Gasteiger partial charge in [0.05, 0.1) is 14.2 Å². The average Bonchev–Trinajstić information content (AvgIpc) is 3.20. The van der Waals surface area contributed by atoms with E-state index in [1.54, 1.807) is 5.57 Å². The second kappa shape index (κ2) is 5.90. The molecule has 120 valence electrons.